The number of methoxy groups -OCH3 is 2. The Hall–Kier alpha value is -0.910. The lowest BCUT2D eigenvalue weighted by molar-refractivity contribution is -0.0851. The van der Waals surface area contributed by atoms with Crippen LogP contribution in [0.15, 0.2) is 29.2 Å². The number of aryl methyl sites for hydroxylation is 1. The van der Waals surface area contributed by atoms with Gasteiger partial charge in [0, 0.05) is 14.2 Å². The SMILES string of the molecule is COC(CS(=O)(=O)c1cccc(C)c1)OC. The predicted octanol–water partition coefficient (Wildman–Crippen LogP) is 1.39. The highest BCUT2D eigenvalue weighted by Gasteiger charge is 2.20. The van der Waals surface area contributed by atoms with Gasteiger partial charge in [0.05, 0.1) is 4.90 Å². The maximum Gasteiger partial charge on any atom is 0.183 e. The number of ether oxygens (including phenoxy) is 2. The molecule has 0 unspecified atom stereocenters. The van der Waals surface area contributed by atoms with Gasteiger partial charge in [-0.3, -0.25) is 0 Å². The highest BCUT2D eigenvalue weighted by atomic mass is 32.2. The second kappa shape index (κ2) is 5.43. The molecule has 0 atom stereocenters. The minimum absolute atomic E-state index is 0.177. The summed E-state index contributed by atoms with van der Waals surface area (Å²) in [5.41, 5.74) is 0.910. The van der Waals surface area contributed by atoms with E-state index in [1.54, 1.807) is 18.2 Å². The number of hydrogen-bond donors (Lipinski definition) is 0. The van der Waals surface area contributed by atoms with Crippen molar-refractivity contribution in [2.75, 3.05) is 20.0 Å². The molecule has 0 N–H and O–H groups in total. The van der Waals surface area contributed by atoms with E-state index >= 15 is 0 Å². The molecule has 0 bridgehead atoms. The first kappa shape index (κ1) is 13.2. The molecule has 1 aromatic rings. The Morgan fingerprint density at radius 2 is 1.88 bits per heavy atom. The second-order valence-corrected chi connectivity index (χ2v) is 5.53. The third-order valence-electron chi connectivity index (χ3n) is 2.23. The molecule has 0 aliphatic carbocycles. The van der Waals surface area contributed by atoms with Crippen molar-refractivity contribution in [1.82, 2.24) is 0 Å². The van der Waals surface area contributed by atoms with Gasteiger partial charge in [-0.2, -0.15) is 0 Å². The Kier molecular flexibility index (Phi) is 4.46. The zero-order valence-corrected chi connectivity index (χ0v) is 10.5. The molecule has 0 saturated heterocycles. The van der Waals surface area contributed by atoms with Crippen molar-refractivity contribution in [3.05, 3.63) is 29.8 Å². The second-order valence-electron chi connectivity index (χ2n) is 3.50. The molecule has 0 fully saturated rings. The van der Waals surface area contributed by atoms with E-state index in [9.17, 15) is 8.42 Å². The summed E-state index contributed by atoms with van der Waals surface area (Å²) in [4.78, 5) is 0.298. The van der Waals surface area contributed by atoms with E-state index in [1.807, 2.05) is 13.0 Å². The van der Waals surface area contributed by atoms with Gasteiger partial charge in [0.25, 0.3) is 0 Å². The van der Waals surface area contributed by atoms with Gasteiger partial charge in [0.1, 0.15) is 5.75 Å². The molecule has 4 nitrogen and oxygen atoms in total. The summed E-state index contributed by atoms with van der Waals surface area (Å²) < 4.78 is 33.7. The minimum Gasteiger partial charge on any atom is -0.355 e. The van der Waals surface area contributed by atoms with Gasteiger partial charge in [-0.25, -0.2) is 8.42 Å². The summed E-state index contributed by atoms with van der Waals surface area (Å²) in [6.07, 6.45) is -0.731. The van der Waals surface area contributed by atoms with Gasteiger partial charge in [-0.05, 0) is 24.6 Å². The standard InChI is InChI=1S/C11H16O4S/c1-9-5-4-6-10(7-9)16(12,13)8-11(14-2)15-3/h4-7,11H,8H2,1-3H3. The zero-order chi connectivity index (χ0) is 12.2. The molecule has 0 heterocycles. The van der Waals surface area contributed by atoms with E-state index in [1.165, 1.54) is 14.2 Å². The molecule has 16 heavy (non-hydrogen) atoms. The Morgan fingerprint density at radius 3 is 2.38 bits per heavy atom. The van der Waals surface area contributed by atoms with Crippen molar-refractivity contribution in [2.45, 2.75) is 18.1 Å². The molecule has 0 aliphatic heterocycles. The van der Waals surface area contributed by atoms with Gasteiger partial charge >= 0.3 is 0 Å². The van der Waals surface area contributed by atoms with E-state index in [0.717, 1.165) is 5.56 Å². The molecule has 0 amide bonds. The minimum atomic E-state index is -3.36. The fourth-order valence-electron chi connectivity index (χ4n) is 1.32. The lowest BCUT2D eigenvalue weighted by Crippen LogP contribution is -2.24. The van der Waals surface area contributed by atoms with Crippen LogP contribution in [-0.2, 0) is 19.3 Å². The summed E-state index contributed by atoms with van der Waals surface area (Å²) in [5, 5.41) is 0. The largest absolute Gasteiger partial charge is 0.355 e. The van der Waals surface area contributed by atoms with Gasteiger partial charge < -0.3 is 9.47 Å². The van der Waals surface area contributed by atoms with E-state index < -0.39 is 16.1 Å². The van der Waals surface area contributed by atoms with Crippen LogP contribution in [0.4, 0.5) is 0 Å². The van der Waals surface area contributed by atoms with Crippen molar-refractivity contribution in [2.24, 2.45) is 0 Å². The van der Waals surface area contributed by atoms with Crippen molar-refractivity contribution in [3.63, 3.8) is 0 Å². The summed E-state index contributed by atoms with van der Waals surface area (Å²) in [5.74, 6) is -0.177. The smallest absolute Gasteiger partial charge is 0.183 e. The molecular weight excluding hydrogens is 228 g/mol. The van der Waals surface area contributed by atoms with Crippen LogP contribution in [0.25, 0.3) is 0 Å². The average molecular weight is 244 g/mol. The van der Waals surface area contributed by atoms with Gasteiger partial charge in [-0.1, -0.05) is 12.1 Å². The van der Waals surface area contributed by atoms with E-state index in [0.29, 0.717) is 4.90 Å². The first-order valence-electron chi connectivity index (χ1n) is 4.84. The summed E-state index contributed by atoms with van der Waals surface area (Å²) in [6.45, 7) is 1.85. The fraction of sp³-hybridized carbons (Fsp3) is 0.455. The number of benzene rings is 1. The van der Waals surface area contributed by atoms with Crippen LogP contribution in [0.3, 0.4) is 0 Å². The lowest BCUT2D eigenvalue weighted by Gasteiger charge is -2.13. The Labute approximate surface area is 96.1 Å². The Morgan fingerprint density at radius 1 is 1.25 bits per heavy atom. The highest BCUT2D eigenvalue weighted by molar-refractivity contribution is 7.91. The Bertz CT molecular complexity index is 435. The van der Waals surface area contributed by atoms with Crippen LogP contribution in [0.5, 0.6) is 0 Å². The van der Waals surface area contributed by atoms with E-state index in [2.05, 4.69) is 0 Å². The topological polar surface area (TPSA) is 52.6 Å². The van der Waals surface area contributed by atoms with Crippen LogP contribution in [0.2, 0.25) is 0 Å². The van der Waals surface area contributed by atoms with E-state index in [-0.39, 0.29) is 5.75 Å². The summed E-state index contributed by atoms with van der Waals surface area (Å²) >= 11 is 0. The molecule has 0 spiro atoms. The quantitative estimate of drug-likeness (QED) is 0.734. The molecule has 0 saturated carbocycles. The highest BCUT2D eigenvalue weighted by Crippen LogP contribution is 2.14. The average Bonchev–Trinajstić information content (AvgIpc) is 2.26. The molecule has 90 valence electrons. The van der Waals surface area contributed by atoms with Crippen molar-refractivity contribution in [3.8, 4) is 0 Å². The molecule has 5 heteroatoms. The normalized spacial score (nSPS) is 12.0. The third kappa shape index (κ3) is 3.30. The van der Waals surface area contributed by atoms with Crippen LogP contribution in [-0.4, -0.2) is 34.7 Å². The fourth-order valence-corrected chi connectivity index (χ4v) is 2.79. The maximum absolute atomic E-state index is 12.0. The monoisotopic (exact) mass is 244 g/mol. The van der Waals surface area contributed by atoms with Gasteiger partial charge in [0.2, 0.25) is 0 Å². The van der Waals surface area contributed by atoms with Gasteiger partial charge in [0.15, 0.2) is 16.1 Å². The van der Waals surface area contributed by atoms with Crippen molar-refractivity contribution < 1.29 is 17.9 Å². The zero-order valence-electron chi connectivity index (χ0n) is 9.64. The summed E-state index contributed by atoms with van der Waals surface area (Å²) in [6, 6.07) is 6.78. The molecule has 0 aliphatic rings. The molecule has 1 aromatic carbocycles. The van der Waals surface area contributed by atoms with Crippen LogP contribution >= 0.6 is 0 Å². The lowest BCUT2D eigenvalue weighted by atomic mass is 10.2. The molecule has 1 rings (SSSR count). The maximum atomic E-state index is 12.0. The van der Waals surface area contributed by atoms with Crippen molar-refractivity contribution >= 4 is 9.84 Å². The summed E-state index contributed by atoms with van der Waals surface area (Å²) in [7, 11) is -0.523. The van der Waals surface area contributed by atoms with Gasteiger partial charge in [-0.15, -0.1) is 0 Å². The molecule has 0 aromatic heterocycles. The molecule has 0 radical (unpaired) electrons. The van der Waals surface area contributed by atoms with Crippen molar-refractivity contribution in [1.29, 1.82) is 0 Å². The first-order valence-corrected chi connectivity index (χ1v) is 6.50. The predicted molar refractivity (Wildman–Crippen MR) is 61.0 cm³/mol. The number of hydrogen-bond acceptors (Lipinski definition) is 4. The number of rotatable bonds is 5. The Balaban J connectivity index is 2.94. The van der Waals surface area contributed by atoms with Crippen LogP contribution < -0.4 is 0 Å². The van der Waals surface area contributed by atoms with E-state index in [4.69, 9.17) is 9.47 Å². The van der Waals surface area contributed by atoms with Crippen LogP contribution in [0, 0.1) is 6.92 Å². The molecular formula is C11H16O4S. The third-order valence-corrected chi connectivity index (χ3v) is 3.91. The first-order chi connectivity index (χ1) is 7.49. The van der Waals surface area contributed by atoms with Crippen LogP contribution in [0.1, 0.15) is 5.56 Å². The number of sulfone groups is 1.